The molecule has 0 fully saturated rings. The first-order valence-electron chi connectivity index (χ1n) is 8.61. The van der Waals surface area contributed by atoms with Crippen molar-refractivity contribution >= 4 is 10.1 Å². The molecule has 1 aromatic rings. The molecule has 0 atom stereocenters. The highest BCUT2D eigenvalue weighted by atomic mass is 32.2. The number of rotatable bonds is 13. The van der Waals surface area contributed by atoms with Crippen molar-refractivity contribution in [2.45, 2.75) is 76.0 Å². The molecule has 0 aliphatic carbocycles. The van der Waals surface area contributed by atoms with Crippen molar-refractivity contribution < 1.29 is 14.0 Å². The average molecular weight is 328 g/mol. The normalized spacial score (nSPS) is 11.7. The summed E-state index contributed by atoms with van der Waals surface area (Å²) >= 11 is 0. The SMILES string of the molecule is CCCCCCCCCCCCOS(=O)(=O)c1ccccc1.[H+]. The molecule has 126 valence electrons. The number of unbranched alkanes of at least 4 members (excludes halogenated alkanes) is 9. The van der Waals surface area contributed by atoms with Crippen LogP contribution in [0, 0.1) is 0 Å². The Balaban J connectivity index is 0.00000484. The second-order valence-electron chi connectivity index (χ2n) is 5.77. The standard InChI is InChI=1S/C18H30O3S/c1-2-3-4-5-6-7-8-9-10-14-17-21-22(19,20)18-15-12-11-13-16-18/h11-13,15-16H,2-10,14,17H2,1H3/p+1. The van der Waals surface area contributed by atoms with Crippen LogP contribution in [-0.2, 0) is 14.3 Å². The monoisotopic (exact) mass is 327 g/mol. The van der Waals surface area contributed by atoms with E-state index in [9.17, 15) is 8.42 Å². The van der Waals surface area contributed by atoms with Gasteiger partial charge in [-0.25, -0.2) is 0 Å². The summed E-state index contributed by atoms with van der Waals surface area (Å²) in [6, 6.07) is 8.33. The van der Waals surface area contributed by atoms with Crippen molar-refractivity contribution in [2.75, 3.05) is 6.61 Å². The average Bonchev–Trinajstić information content (AvgIpc) is 2.53. The van der Waals surface area contributed by atoms with E-state index in [0.29, 0.717) is 0 Å². The van der Waals surface area contributed by atoms with Gasteiger partial charge in [-0.05, 0) is 18.6 Å². The van der Waals surface area contributed by atoms with Crippen LogP contribution in [0.3, 0.4) is 0 Å². The van der Waals surface area contributed by atoms with E-state index in [-0.39, 0.29) is 12.9 Å². The van der Waals surface area contributed by atoms with Crippen LogP contribution in [0.5, 0.6) is 0 Å². The molecule has 0 aliphatic heterocycles. The topological polar surface area (TPSA) is 43.4 Å². The first-order valence-corrected chi connectivity index (χ1v) is 10.0. The summed E-state index contributed by atoms with van der Waals surface area (Å²) in [7, 11) is -3.57. The molecule has 1 aromatic carbocycles. The summed E-state index contributed by atoms with van der Waals surface area (Å²) in [5.74, 6) is 0. The largest absolute Gasteiger partial charge is 1.00 e. The van der Waals surface area contributed by atoms with Gasteiger partial charge in [-0.2, -0.15) is 8.42 Å². The van der Waals surface area contributed by atoms with E-state index in [2.05, 4.69) is 6.92 Å². The summed E-state index contributed by atoms with van der Waals surface area (Å²) in [5.41, 5.74) is 0. The third kappa shape index (κ3) is 8.54. The maximum Gasteiger partial charge on any atom is 1.00 e. The predicted octanol–water partition coefficient (Wildman–Crippen LogP) is 5.43. The molecule has 4 heteroatoms. The van der Waals surface area contributed by atoms with Crippen LogP contribution in [-0.4, -0.2) is 15.0 Å². The molecule has 0 amide bonds. The Kier molecular flexibility index (Phi) is 10.2. The highest BCUT2D eigenvalue weighted by molar-refractivity contribution is 7.86. The minimum Gasteiger partial charge on any atom is -0.266 e. The number of benzene rings is 1. The number of hydrogen-bond donors (Lipinski definition) is 0. The van der Waals surface area contributed by atoms with Gasteiger partial charge in [-0.15, -0.1) is 0 Å². The molecule has 0 aromatic heterocycles. The first-order chi connectivity index (χ1) is 10.7. The molecule has 0 aliphatic rings. The summed E-state index contributed by atoms with van der Waals surface area (Å²) in [4.78, 5) is 0.238. The molecule has 0 saturated carbocycles. The maximum atomic E-state index is 11.9. The van der Waals surface area contributed by atoms with Crippen LogP contribution >= 0.6 is 0 Å². The van der Waals surface area contributed by atoms with E-state index >= 15 is 0 Å². The van der Waals surface area contributed by atoms with Crippen molar-refractivity contribution in [3.05, 3.63) is 30.3 Å². The third-order valence-electron chi connectivity index (χ3n) is 3.77. The van der Waals surface area contributed by atoms with Crippen molar-refractivity contribution in [1.82, 2.24) is 0 Å². The lowest BCUT2D eigenvalue weighted by Gasteiger charge is -2.05. The molecule has 0 radical (unpaired) electrons. The van der Waals surface area contributed by atoms with Gasteiger partial charge < -0.3 is 0 Å². The van der Waals surface area contributed by atoms with Gasteiger partial charge in [-0.3, -0.25) is 4.18 Å². The van der Waals surface area contributed by atoms with E-state index in [1.165, 1.54) is 51.4 Å². The van der Waals surface area contributed by atoms with Gasteiger partial charge in [-0.1, -0.05) is 82.9 Å². The smallest absolute Gasteiger partial charge is 0.266 e. The maximum absolute atomic E-state index is 11.9. The molecular formula is C18H31O3S+. The van der Waals surface area contributed by atoms with E-state index < -0.39 is 10.1 Å². The highest BCUT2D eigenvalue weighted by Crippen LogP contribution is 2.13. The molecule has 0 N–H and O–H groups in total. The van der Waals surface area contributed by atoms with E-state index in [1.54, 1.807) is 30.3 Å². The molecule has 0 spiro atoms. The van der Waals surface area contributed by atoms with Crippen molar-refractivity contribution in [3.8, 4) is 0 Å². The second-order valence-corrected chi connectivity index (χ2v) is 7.39. The molecule has 0 unspecified atom stereocenters. The zero-order valence-corrected chi connectivity index (χ0v) is 14.6. The Labute approximate surface area is 137 Å². The van der Waals surface area contributed by atoms with Crippen LogP contribution in [0.4, 0.5) is 0 Å². The van der Waals surface area contributed by atoms with Gasteiger partial charge in [0.2, 0.25) is 0 Å². The zero-order valence-electron chi connectivity index (χ0n) is 14.8. The molecule has 0 saturated heterocycles. The van der Waals surface area contributed by atoms with Gasteiger partial charge in [0.05, 0.1) is 11.5 Å². The molecule has 0 heterocycles. The van der Waals surface area contributed by atoms with Crippen LogP contribution in [0.1, 0.15) is 72.6 Å². The van der Waals surface area contributed by atoms with Gasteiger partial charge in [0.1, 0.15) is 0 Å². The number of hydrogen-bond acceptors (Lipinski definition) is 3. The predicted molar refractivity (Wildman–Crippen MR) is 92.5 cm³/mol. The van der Waals surface area contributed by atoms with E-state index in [4.69, 9.17) is 4.18 Å². The third-order valence-corrected chi connectivity index (χ3v) is 5.09. The second kappa shape index (κ2) is 11.7. The summed E-state index contributed by atoms with van der Waals surface area (Å²) in [5, 5.41) is 0. The van der Waals surface area contributed by atoms with Crippen molar-refractivity contribution in [2.24, 2.45) is 0 Å². The van der Waals surface area contributed by atoms with Crippen molar-refractivity contribution in [3.63, 3.8) is 0 Å². The van der Waals surface area contributed by atoms with Gasteiger partial charge in [0.25, 0.3) is 10.1 Å². The Morgan fingerprint density at radius 1 is 0.818 bits per heavy atom. The summed E-state index contributed by atoms with van der Waals surface area (Å²) in [6.07, 6.45) is 12.3. The fourth-order valence-electron chi connectivity index (χ4n) is 2.41. The van der Waals surface area contributed by atoms with Gasteiger partial charge in [0.15, 0.2) is 0 Å². The summed E-state index contributed by atoms with van der Waals surface area (Å²) in [6.45, 7) is 2.52. The minimum absolute atomic E-state index is 0. The fourth-order valence-corrected chi connectivity index (χ4v) is 3.38. The van der Waals surface area contributed by atoms with Crippen molar-refractivity contribution in [1.29, 1.82) is 0 Å². The lowest BCUT2D eigenvalue weighted by molar-refractivity contribution is 0.306. The van der Waals surface area contributed by atoms with E-state index in [1.807, 2.05) is 0 Å². The Morgan fingerprint density at radius 2 is 1.32 bits per heavy atom. The van der Waals surface area contributed by atoms with E-state index in [0.717, 1.165) is 12.8 Å². The Morgan fingerprint density at radius 3 is 1.86 bits per heavy atom. The van der Waals surface area contributed by atoms with Crippen LogP contribution in [0.15, 0.2) is 35.2 Å². The minimum atomic E-state index is -3.57. The highest BCUT2D eigenvalue weighted by Gasteiger charge is 2.13. The Bertz CT molecular complexity index is 474. The molecular weight excluding hydrogens is 296 g/mol. The molecule has 1 rings (SSSR count). The lowest BCUT2D eigenvalue weighted by atomic mass is 10.1. The first kappa shape index (κ1) is 19.2. The quantitative estimate of drug-likeness (QED) is 0.358. The van der Waals surface area contributed by atoms with Gasteiger partial charge in [0, 0.05) is 0 Å². The van der Waals surface area contributed by atoms with Crippen LogP contribution in [0.2, 0.25) is 0 Å². The molecule has 22 heavy (non-hydrogen) atoms. The summed E-state index contributed by atoms with van der Waals surface area (Å²) < 4.78 is 28.8. The molecule has 0 bridgehead atoms. The zero-order chi connectivity index (χ0) is 16.1. The fraction of sp³-hybridized carbons (Fsp3) is 0.667. The molecule has 3 nitrogen and oxygen atoms in total. The lowest BCUT2D eigenvalue weighted by Crippen LogP contribution is -2.07. The Hall–Kier alpha value is -0.870. The van der Waals surface area contributed by atoms with Crippen LogP contribution in [0.25, 0.3) is 0 Å². The van der Waals surface area contributed by atoms with Gasteiger partial charge >= 0.3 is 1.43 Å². The van der Waals surface area contributed by atoms with Crippen LogP contribution < -0.4 is 0 Å².